The summed E-state index contributed by atoms with van der Waals surface area (Å²) in [5, 5.41) is 11.8. The first-order chi connectivity index (χ1) is 8.45. The predicted molar refractivity (Wildman–Crippen MR) is 79.8 cm³/mol. The van der Waals surface area contributed by atoms with E-state index in [0.717, 1.165) is 35.7 Å². The van der Waals surface area contributed by atoms with Crippen molar-refractivity contribution in [3.8, 4) is 0 Å². The van der Waals surface area contributed by atoms with Crippen molar-refractivity contribution in [2.75, 3.05) is 0 Å². The summed E-state index contributed by atoms with van der Waals surface area (Å²) in [4.78, 5) is 0. The Kier molecular flexibility index (Phi) is 4.40. The van der Waals surface area contributed by atoms with Gasteiger partial charge in [0.2, 0.25) is 0 Å². The predicted octanol–water partition coefficient (Wildman–Crippen LogP) is 5.14. The van der Waals surface area contributed by atoms with Gasteiger partial charge in [-0.2, -0.15) is 0 Å². The van der Waals surface area contributed by atoms with Crippen LogP contribution in [0.1, 0.15) is 45.1 Å². The van der Waals surface area contributed by atoms with Gasteiger partial charge < -0.3 is 5.11 Å². The maximum Gasteiger partial charge on any atom is 0.0949 e. The molecule has 0 amide bonds. The van der Waals surface area contributed by atoms with E-state index in [9.17, 15) is 5.11 Å². The zero-order valence-electron chi connectivity index (χ0n) is 10.9. The van der Waals surface area contributed by atoms with Gasteiger partial charge in [0.25, 0.3) is 0 Å². The molecule has 1 nitrogen and oxygen atoms in total. The molecule has 0 bridgehead atoms. The zero-order valence-corrected chi connectivity index (χ0v) is 13.3. The van der Waals surface area contributed by atoms with Crippen LogP contribution in [0.4, 0.5) is 0 Å². The third-order valence-corrected chi connectivity index (χ3v) is 4.73. The summed E-state index contributed by atoms with van der Waals surface area (Å²) in [6, 6.07) is 5.74. The molecule has 2 rings (SSSR count). The molecule has 1 aromatic rings. The Labute approximate surface area is 123 Å². The Morgan fingerprint density at radius 1 is 1.44 bits per heavy atom. The van der Waals surface area contributed by atoms with E-state index < -0.39 is 5.60 Å². The lowest BCUT2D eigenvalue weighted by Gasteiger charge is -2.31. The van der Waals surface area contributed by atoms with Crippen molar-refractivity contribution in [3.63, 3.8) is 0 Å². The second-order valence-electron chi connectivity index (χ2n) is 5.73. The lowest BCUT2D eigenvalue weighted by Crippen LogP contribution is -2.30. The summed E-state index contributed by atoms with van der Waals surface area (Å²) in [5.74, 6) is 0.962. The third kappa shape index (κ3) is 2.92. The normalized spacial score (nSPS) is 19.0. The minimum Gasteiger partial charge on any atom is -0.385 e. The molecule has 0 radical (unpaired) electrons. The summed E-state index contributed by atoms with van der Waals surface area (Å²) >= 11 is 9.85. The van der Waals surface area contributed by atoms with E-state index in [0.29, 0.717) is 16.9 Å². The first-order valence-corrected chi connectivity index (χ1v) is 7.79. The molecule has 1 aliphatic rings. The van der Waals surface area contributed by atoms with Gasteiger partial charge in [-0.3, -0.25) is 0 Å². The number of halogens is 2. The molecule has 1 aliphatic carbocycles. The van der Waals surface area contributed by atoms with E-state index >= 15 is 0 Å². The van der Waals surface area contributed by atoms with Crippen LogP contribution in [0.2, 0.25) is 5.02 Å². The molecule has 18 heavy (non-hydrogen) atoms. The molecule has 0 saturated heterocycles. The zero-order chi connectivity index (χ0) is 13.3. The largest absolute Gasteiger partial charge is 0.385 e. The van der Waals surface area contributed by atoms with Gasteiger partial charge in [-0.05, 0) is 49.7 Å². The van der Waals surface area contributed by atoms with E-state index in [1.165, 1.54) is 0 Å². The molecule has 1 aromatic carbocycles. The first kappa shape index (κ1) is 14.4. The first-order valence-electron chi connectivity index (χ1n) is 6.62. The van der Waals surface area contributed by atoms with Crippen LogP contribution in [0.15, 0.2) is 22.7 Å². The smallest absolute Gasteiger partial charge is 0.0949 e. The van der Waals surface area contributed by atoms with Crippen LogP contribution >= 0.6 is 27.5 Å². The minimum absolute atomic E-state index is 0.368. The highest BCUT2D eigenvalue weighted by Gasteiger charge is 2.46. The van der Waals surface area contributed by atoms with Crippen molar-refractivity contribution >= 4 is 27.5 Å². The second kappa shape index (κ2) is 5.52. The average Bonchev–Trinajstić information content (AvgIpc) is 3.10. The molecule has 0 aromatic heterocycles. The van der Waals surface area contributed by atoms with Crippen molar-refractivity contribution in [2.45, 2.75) is 45.1 Å². The van der Waals surface area contributed by atoms with Crippen molar-refractivity contribution in [2.24, 2.45) is 11.8 Å². The number of rotatable bonds is 5. The van der Waals surface area contributed by atoms with E-state index in [4.69, 9.17) is 11.6 Å². The maximum atomic E-state index is 11.1. The van der Waals surface area contributed by atoms with Crippen LogP contribution < -0.4 is 0 Å². The SMILES string of the molecule is CC(C)CCC(O)(c1c(Cl)cccc1Br)C1CC1. The van der Waals surface area contributed by atoms with Crippen molar-refractivity contribution in [1.29, 1.82) is 0 Å². The Hall–Kier alpha value is -0.0500. The van der Waals surface area contributed by atoms with Crippen LogP contribution in [-0.2, 0) is 5.60 Å². The fraction of sp³-hybridized carbons (Fsp3) is 0.600. The summed E-state index contributed by atoms with van der Waals surface area (Å²) in [7, 11) is 0. The summed E-state index contributed by atoms with van der Waals surface area (Å²) in [5.41, 5.74) is 0.122. The Morgan fingerprint density at radius 2 is 2.11 bits per heavy atom. The lowest BCUT2D eigenvalue weighted by molar-refractivity contribution is -0.00131. The van der Waals surface area contributed by atoms with Gasteiger partial charge in [-0.25, -0.2) is 0 Å². The van der Waals surface area contributed by atoms with Crippen LogP contribution in [0.25, 0.3) is 0 Å². The lowest BCUT2D eigenvalue weighted by atomic mass is 9.83. The number of benzene rings is 1. The van der Waals surface area contributed by atoms with E-state index in [-0.39, 0.29) is 0 Å². The van der Waals surface area contributed by atoms with Crippen LogP contribution in [0.3, 0.4) is 0 Å². The second-order valence-corrected chi connectivity index (χ2v) is 6.99. The third-order valence-electron chi connectivity index (χ3n) is 3.75. The molecule has 1 fully saturated rings. The number of aliphatic hydroxyl groups is 1. The van der Waals surface area contributed by atoms with Gasteiger partial charge in [-0.15, -0.1) is 0 Å². The van der Waals surface area contributed by atoms with Crippen LogP contribution in [0, 0.1) is 11.8 Å². The summed E-state index contributed by atoms with van der Waals surface area (Å²) < 4.78 is 0.924. The van der Waals surface area contributed by atoms with Gasteiger partial charge in [0.05, 0.1) is 5.60 Å². The van der Waals surface area contributed by atoms with Crippen LogP contribution in [0.5, 0.6) is 0 Å². The molecular formula is C15H20BrClO. The molecule has 0 spiro atoms. The molecule has 0 heterocycles. The quantitative estimate of drug-likeness (QED) is 0.792. The Bertz CT molecular complexity index is 408. The molecule has 3 heteroatoms. The minimum atomic E-state index is -0.762. The summed E-state index contributed by atoms with van der Waals surface area (Å²) in [6.07, 6.45) is 4.01. The van der Waals surface area contributed by atoms with E-state index in [2.05, 4.69) is 29.8 Å². The molecule has 0 aliphatic heterocycles. The highest BCUT2D eigenvalue weighted by atomic mass is 79.9. The van der Waals surface area contributed by atoms with Crippen LogP contribution in [-0.4, -0.2) is 5.11 Å². The fourth-order valence-electron chi connectivity index (χ4n) is 2.51. The highest BCUT2D eigenvalue weighted by Crippen LogP contribution is 2.52. The molecule has 1 N–H and O–H groups in total. The molecule has 1 atom stereocenters. The van der Waals surface area contributed by atoms with E-state index in [1.807, 2.05) is 18.2 Å². The Morgan fingerprint density at radius 3 is 2.61 bits per heavy atom. The van der Waals surface area contributed by atoms with Crippen molar-refractivity contribution in [3.05, 3.63) is 33.3 Å². The maximum absolute atomic E-state index is 11.1. The van der Waals surface area contributed by atoms with Crippen molar-refractivity contribution < 1.29 is 5.11 Å². The van der Waals surface area contributed by atoms with Gasteiger partial charge in [0.1, 0.15) is 0 Å². The molecule has 100 valence electrons. The monoisotopic (exact) mass is 330 g/mol. The van der Waals surface area contributed by atoms with Crippen molar-refractivity contribution in [1.82, 2.24) is 0 Å². The van der Waals surface area contributed by atoms with Gasteiger partial charge >= 0.3 is 0 Å². The van der Waals surface area contributed by atoms with Gasteiger partial charge in [0.15, 0.2) is 0 Å². The number of hydrogen-bond acceptors (Lipinski definition) is 1. The topological polar surface area (TPSA) is 20.2 Å². The fourth-order valence-corrected chi connectivity index (χ4v) is 3.68. The van der Waals surface area contributed by atoms with Gasteiger partial charge in [-0.1, -0.05) is 47.4 Å². The highest BCUT2D eigenvalue weighted by molar-refractivity contribution is 9.10. The van der Waals surface area contributed by atoms with E-state index in [1.54, 1.807) is 0 Å². The molecular weight excluding hydrogens is 312 g/mol. The standard InChI is InChI=1S/C15H20BrClO/c1-10(2)8-9-15(18,11-6-7-11)14-12(16)4-3-5-13(14)17/h3-5,10-11,18H,6-9H2,1-2H3. The molecule has 1 unspecified atom stereocenters. The number of hydrogen-bond donors (Lipinski definition) is 1. The Balaban J connectivity index is 2.34. The average molecular weight is 332 g/mol. The van der Waals surface area contributed by atoms with Gasteiger partial charge in [0, 0.05) is 15.1 Å². The summed E-state index contributed by atoms with van der Waals surface area (Å²) in [6.45, 7) is 4.38. The molecule has 1 saturated carbocycles.